The van der Waals surface area contributed by atoms with Crippen molar-refractivity contribution in [3.8, 4) is 5.75 Å². The van der Waals surface area contributed by atoms with Crippen molar-refractivity contribution in [3.05, 3.63) is 53.8 Å². The molecular formula is C18H21NO5. The van der Waals surface area contributed by atoms with Gasteiger partial charge < -0.3 is 19.3 Å². The van der Waals surface area contributed by atoms with Crippen LogP contribution in [-0.2, 0) is 20.9 Å². The van der Waals surface area contributed by atoms with E-state index in [-0.39, 0.29) is 6.61 Å². The van der Waals surface area contributed by atoms with Gasteiger partial charge in [-0.15, -0.1) is 0 Å². The van der Waals surface area contributed by atoms with E-state index in [0.29, 0.717) is 31.9 Å². The van der Waals surface area contributed by atoms with Crippen molar-refractivity contribution >= 4 is 11.7 Å². The van der Waals surface area contributed by atoms with E-state index in [0.717, 1.165) is 17.0 Å². The highest BCUT2D eigenvalue weighted by atomic mass is 16.5. The van der Waals surface area contributed by atoms with Crippen molar-refractivity contribution in [2.45, 2.75) is 13.0 Å². The third-order valence-corrected chi connectivity index (χ3v) is 3.29. The Bertz CT molecular complexity index is 631. The number of aliphatic carboxylic acids is 1. The highest BCUT2D eigenvalue weighted by Crippen LogP contribution is 2.12. The fourth-order valence-electron chi connectivity index (χ4n) is 2.05. The van der Waals surface area contributed by atoms with Gasteiger partial charge in [0, 0.05) is 12.1 Å². The summed E-state index contributed by atoms with van der Waals surface area (Å²) in [5.74, 6) is 0.402. The van der Waals surface area contributed by atoms with Crippen LogP contribution in [-0.4, -0.2) is 43.7 Å². The summed E-state index contributed by atoms with van der Waals surface area (Å²) in [6.45, 7) is 1.32. The van der Waals surface area contributed by atoms with Crippen LogP contribution in [0.3, 0.4) is 0 Å². The summed E-state index contributed by atoms with van der Waals surface area (Å²) in [6.07, 6.45) is 6.01. The molecule has 6 nitrogen and oxygen atoms in total. The van der Waals surface area contributed by atoms with E-state index in [1.165, 1.54) is 0 Å². The van der Waals surface area contributed by atoms with Crippen LogP contribution in [0, 0.1) is 0 Å². The number of hydrogen-bond acceptors (Lipinski definition) is 5. The molecule has 0 fully saturated rings. The molecule has 0 saturated heterocycles. The van der Waals surface area contributed by atoms with E-state index in [1.54, 1.807) is 13.2 Å². The van der Waals surface area contributed by atoms with Gasteiger partial charge in [-0.05, 0) is 35.9 Å². The molecule has 0 aromatic heterocycles. The van der Waals surface area contributed by atoms with Gasteiger partial charge in [-0.3, -0.25) is 4.99 Å². The van der Waals surface area contributed by atoms with Crippen LogP contribution in [0.25, 0.3) is 0 Å². The molecule has 6 heteroatoms. The zero-order valence-electron chi connectivity index (χ0n) is 13.6. The number of carboxylic acids is 1. The lowest BCUT2D eigenvalue weighted by molar-refractivity contribution is -0.140. The highest BCUT2D eigenvalue weighted by molar-refractivity contribution is 5.97. The molecule has 24 heavy (non-hydrogen) atoms. The van der Waals surface area contributed by atoms with Gasteiger partial charge in [-0.1, -0.05) is 12.1 Å². The van der Waals surface area contributed by atoms with Crippen LogP contribution in [0.15, 0.2) is 53.2 Å². The van der Waals surface area contributed by atoms with E-state index in [1.807, 2.05) is 36.4 Å². The molecule has 0 bridgehead atoms. The lowest BCUT2D eigenvalue weighted by atomic mass is 10.1. The maximum Gasteiger partial charge on any atom is 0.341 e. The fourth-order valence-corrected chi connectivity index (χ4v) is 2.05. The third-order valence-electron chi connectivity index (χ3n) is 3.29. The quantitative estimate of drug-likeness (QED) is 0.704. The van der Waals surface area contributed by atoms with E-state index in [4.69, 9.17) is 19.3 Å². The van der Waals surface area contributed by atoms with E-state index in [9.17, 15) is 4.79 Å². The monoisotopic (exact) mass is 331 g/mol. The first-order chi connectivity index (χ1) is 11.7. The zero-order chi connectivity index (χ0) is 17.2. The number of methoxy groups -OCH3 is 1. The number of allylic oxidation sites excluding steroid dienone is 3. The van der Waals surface area contributed by atoms with Gasteiger partial charge in [0.05, 0.1) is 26.9 Å². The summed E-state index contributed by atoms with van der Waals surface area (Å²) in [6, 6.07) is 7.75. The Kier molecular flexibility index (Phi) is 7.04. The Morgan fingerprint density at radius 3 is 2.67 bits per heavy atom. The number of rotatable bonds is 9. The minimum Gasteiger partial charge on any atom is -0.497 e. The predicted molar refractivity (Wildman–Crippen MR) is 90.4 cm³/mol. The Hall–Kier alpha value is -2.60. The van der Waals surface area contributed by atoms with Gasteiger partial charge in [0.25, 0.3) is 0 Å². The van der Waals surface area contributed by atoms with E-state index < -0.39 is 5.97 Å². The molecule has 0 aliphatic heterocycles. The first kappa shape index (κ1) is 17.7. The molecule has 1 aromatic carbocycles. The number of carboxylic acid groups (broad SMARTS) is 1. The molecule has 1 aliphatic rings. The van der Waals surface area contributed by atoms with Crippen molar-refractivity contribution in [1.82, 2.24) is 0 Å². The molecule has 0 saturated carbocycles. The normalized spacial score (nSPS) is 15.2. The molecule has 2 rings (SSSR count). The number of nitrogens with zero attached hydrogens (tertiary/aromatic N) is 1. The Labute approximate surface area is 141 Å². The summed E-state index contributed by atoms with van der Waals surface area (Å²) in [4.78, 5) is 14.9. The van der Waals surface area contributed by atoms with Crippen molar-refractivity contribution in [3.63, 3.8) is 0 Å². The van der Waals surface area contributed by atoms with E-state index in [2.05, 4.69) is 4.99 Å². The van der Waals surface area contributed by atoms with Crippen molar-refractivity contribution in [2.24, 2.45) is 4.99 Å². The molecule has 1 aromatic rings. The first-order valence-corrected chi connectivity index (χ1v) is 7.64. The molecule has 0 heterocycles. The van der Waals surface area contributed by atoms with Crippen LogP contribution < -0.4 is 4.74 Å². The molecule has 0 unspecified atom stereocenters. The van der Waals surface area contributed by atoms with Gasteiger partial charge in [0.1, 0.15) is 11.5 Å². The zero-order valence-corrected chi connectivity index (χ0v) is 13.6. The van der Waals surface area contributed by atoms with Gasteiger partial charge in [0.15, 0.2) is 6.61 Å². The number of carbonyl (C=O) groups is 1. The second-order valence-corrected chi connectivity index (χ2v) is 5.10. The second kappa shape index (κ2) is 9.52. The van der Waals surface area contributed by atoms with E-state index >= 15 is 0 Å². The molecule has 1 N–H and O–H groups in total. The summed E-state index contributed by atoms with van der Waals surface area (Å²) < 4.78 is 15.8. The first-order valence-electron chi connectivity index (χ1n) is 7.64. The minimum absolute atomic E-state index is 0.331. The molecule has 128 valence electrons. The average Bonchev–Trinajstić information content (AvgIpc) is 2.61. The maximum absolute atomic E-state index is 10.4. The van der Waals surface area contributed by atoms with Crippen molar-refractivity contribution in [1.29, 1.82) is 0 Å². The second-order valence-electron chi connectivity index (χ2n) is 5.10. The molecule has 0 amide bonds. The van der Waals surface area contributed by atoms with Crippen LogP contribution in [0.4, 0.5) is 0 Å². The van der Waals surface area contributed by atoms with Gasteiger partial charge >= 0.3 is 5.97 Å². The Balaban J connectivity index is 1.64. The summed E-state index contributed by atoms with van der Waals surface area (Å²) in [5.41, 5.74) is 2.01. The number of ether oxygens (including phenoxy) is 3. The topological polar surface area (TPSA) is 77.3 Å². The SMILES string of the molecule is COc1ccc(COCCN=C2C=CC(OCC(=O)O)=CC2)cc1. The van der Waals surface area contributed by atoms with Crippen LogP contribution >= 0.6 is 0 Å². The standard InChI is InChI=1S/C18H21NO5/c1-22-16-6-2-14(3-7-16)12-23-11-10-19-15-4-8-17(9-5-15)24-13-18(20)21/h2-4,6-9H,5,10-13H2,1H3,(H,20,21). The lowest BCUT2D eigenvalue weighted by Crippen LogP contribution is -2.08. The highest BCUT2D eigenvalue weighted by Gasteiger charge is 2.05. The summed E-state index contributed by atoms with van der Waals surface area (Å²) >= 11 is 0. The molecular weight excluding hydrogens is 310 g/mol. The van der Waals surface area contributed by atoms with Gasteiger partial charge in [-0.25, -0.2) is 4.79 Å². The smallest absolute Gasteiger partial charge is 0.341 e. The lowest BCUT2D eigenvalue weighted by Gasteiger charge is -2.09. The van der Waals surface area contributed by atoms with Crippen LogP contribution in [0.5, 0.6) is 5.75 Å². The number of benzene rings is 1. The Morgan fingerprint density at radius 1 is 1.25 bits per heavy atom. The summed E-state index contributed by atoms with van der Waals surface area (Å²) in [5, 5.41) is 8.55. The Morgan fingerprint density at radius 2 is 2.04 bits per heavy atom. The predicted octanol–water partition coefficient (Wildman–Crippen LogP) is 2.60. The number of hydrogen-bond donors (Lipinski definition) is 1. The van der Waals surface area contributed by atoms with Crippen molar-refractivity contribution < 1.29 is 24.1 Å². The fraction of sp³-hybridized carbons (Fsp3) is 0.333. The van der Waals surface area contributed by atoms with Crippen molar-refractivity contribution in [2.75, 3.05) is 26.9 Å². The maximum atomic E-state index is 10.4. The van der Waals surface area contributed by atoms with Gasteiger partial charge in [0.2, 0.25) is 0 Å². The molecule has 1 aliphatic carbocycles. The summed E-state index contributed by atoms with van der Waals surface area (Å²) in [7, 11) is 1.64. The number of aliphatic imine (C=N–C) groups is 1. The molecule has 0 radical (unpaired) electrons. The average molecular weight is 331 g/mol. The molecule has 0 atom stereocenters. The minimum atomic E-state index is -0.988. The van der Waals surface area contributed by atoms with Crippen LogP contribution in [0.2, 0.25) is 0 Å². The molecule has 0 spiro atoms. The largest absolute Gasteiger partial charge is 0.497 e. The van der Waals surface area contributed by atoms with Crippen LogP contribution in [0.1, 0.15) is 12.0 Å². The van der Waals surface area contributed by atoms with Gasteiger partial charge in [-0.2, -0.15) is 0 Å². The third kappa shape index (κ3) is 6.26.